The Morgan fingerprint density at radius 1 is 1.30 bits per heavy atom. The zero-order valence-corrected chi connectivity index (χ0v) is 17.7. The lowest BCUT2D eigenvalue weighted by Gasteiger charge is -2.38. The van der Waals surface area contributed by atoms with Crippen LogP contribution in [0.15, 0.2) is 48.8 Å². The maximum atomic E-state index is 12.5. The molecule has 2 atom stereocenters. The van der Waals surface area contributed by atoms with Crippen LogP contribution in [0.5, 0.6) is 0 Å². The van der Waals surface area contributed by atoms with Crippen LogP contribution >= 0.6 is 0 Å². The number of anilines is 1. The van der Waals surface area contributed by atoms with Crippen LogP contribution in [0.3, 0.4) is 0 Å². The van der Waals surface area contributed by atoms with Gasteiger partial charge >= 0.3 is 0 Å². The number of morpholine rings is 1. The predicted molar refractivity (Wildman–Crippen MR) is 113 cm³/mol. The van der Waals surface area contributed by atoms with Gasteiger partial charge < -0.3 is 20.1 Å². The van der Waals surface area contributed by atoms with Gasteiger partial charge in [0.1, 0.15) is 12.7 Å². The topological polar surface area (TPSA) is 91.8 Å². The molecule has 7 heteroatoms. The molecule has 1 aromatic heterocycles. The molecule has 1 fully saturated rings. The van der Waals surface area contributed by atoms with Gasteiger partial charge in [-0.25, -0.2) is 0 Å². The van der Waals surface area contributed by atoms with Crippen LogP contribution in [-0.4, -0.2) is 46.1 Å². The Balaban J connectivity index is 1.69. The minimum absolute atomic E-state index is 0.00221. The summed E-state index contributed by atoms with van der Waals surface area (Å²) >= 11 is 0. The van der Waals surface area contributed by atoms with E-state index in [2.05, 4.69) is 10.3 Å². The minimum Gasteiger partial charge on any atom is -0.386 e. The largest absolute Gasteiger partial charge is 0.386 e. The van der Waals surface area contributed by atoms with Gasteiger partial charge in [-0.3, -0.25) is 14.6 Å². The van der Waals surface area contributed by atoms with E-state index in [0.29, 0.717) is 24.2 Å². The number of nitrogens with one attached hydrogen (secondary N) is 1. The van der Waals surface area contributed by atoms with E-state index in [0.717, 1.165) is 5.56 Å². The summed E-state index contributed by atoms with van der Waals surface area (Å²) in [5.41, 5.74) is 2.12. The molecular weight excluding hydrogens is 382 g/mol. The van der Waals surface area contributed by atoms with Gasteiger partial charge in [-0.1, -0.05) is 39.0 Å². The summed E-state index contributed by atoms with van der Waals surface area (Å²) in [5, 5.41) is 13.8. The number of ether oxygens (including phenoxy) is 1. The molecule has 0 bridgehead atoms. The third-order valence-electron chi connectivity index (χ3n) is 4.90. The van der Waals surface area contributed by atoms with Crippen LogP contribution in [0.1, 0.15) is 44.4 Å². The Labute approximate surface area is 177 Å². The number of nitrogens with zero attached hydrogens (tertiary/aromatic N) is 2. The molecule has 0 aliphatic carbocycles. The number of carbonyl (C=O) groups excluding carboxylic acids is 2. The molecule has 2 N–H and O–H groups in total. The molecule has 2 amide bonds. The zero-order chi connectivity index (χ0) is 21.7. The fourth-order valence-corrected chi connectivity index (χ4v) is 3.45. The smallest absolute Gasteiger partial charge is 0.249 e. The Morgan fingerprint density at radius 3 is 2.67 bits per heavy atom. The van der Waals surface area contributed by atoms with Gasteiger partial charge in [-0.15, -0.1) is 0 Å². The van der Waals surface area contributed by atoms with Crippen molar-refractivity contribution in [2.45, 2.75) is 45.9 Å². The lowest BCUT2D eigenvalue weighted by molar-refractivity contribution is -0.155. The van der Waals surface area contributed by atoms with E-state index in [9.17, 15) is 14.7 Å². The summed E-state index contributed by atoms with van der Waals surface area (Å²) in [7, 11) is 0. The van der Waals surface area contributed by atoms with Gasteiger partial charge in [0.15, 0.2) is 0 Å². The second kappa shape index (κ2) is 9.36. The van der Waals surface area contributed by atoms with Gasteiger partial charge in [-0.2, -0.15) is 0 Å². The number of benzene rings is 1. The molecule has 0 spiro atoms. The fourth-order valence-electron chi connectivity index (χ4n) is 3.45. The van der Waals surface area contributed by atoms with E-state index in [1.165, 1.54) is 0 Å². The first kappa shape index (κ1) is 21.9. The lowest BCUT2D eigenvalue weighted by atomic mass is 9.92. The second-order valence-electron chi connectivity index (χ2n) is 8.82. The number of aromatic nitrogens is 1. The quantitative estimate of drug-likeness (QED) is 0.763. The average Bonchev–Trinajstić information content (AvgIpc) is 2.69. The molecule has 3 rings (SSSR count). The molecule has 1 aliphatic heterocycles. The summed E-state index contributed by atoms with van der Waals surface area (Å²) in [6.45, 7) is 6.64. The van der Waals surface area contributed by atoms with Crippen molar-refractivity contribution >= 4 is 17.5 Å². The van der Waals surface area contributed by atoms with E-state index in [-0.39, 0.29) is 30.4 Å². The van der Waals surface area contributed by atoms with Crippen molar-refractivity contribution in [3.05, 3.63) is 59.9 Å². The predicted octanol–water partition coefficient (Wildman–Crippen LogP) is 2.92. The van der Waals surface area contributed by atoms with Crippen LogP contribution in [-0.2, 0) is 20.9 Å². The third kappa shape index (κ3) is 5.87. The van der Waals surface area contributed by atoms with Crippen LogP contribution in [0, 0.1) is 5.41 Å². The maximum absolute atomic E-state index is 12.5. The Morgan fingerprint density at radius 2 is 2.03 bits per heavy atom. The number of hydrogen-bond acceptors (Lipinski definition) is 5. The second-order valence-corrected chi connectivity index (χ2v) is 8.82. The number of aliphatic hydroxyl groups is 1. The summed E-state index contributed by atoms with van der Waals surface area (Å²) in [6.07, 6.45) is 2.90. The summed E-state index contributed by atoms with van der Waals surface area (Å²) in [4.78, 5) is 30.3. The highest BCUT2D eigenvalue weighted by molar-refractivity contribution is 5.91. The Bertz CT molecular complexity index is 862. The van der Waals surface area contributed by atoms with E-state index in [1.54, 1.807) is 41.6 Å². The molecule has 7 nitrogen and oxygen atoms in total. The molecule has 160 valence electrons. The van der Waals surface area contributed by atoms with Crippen LogP contribution < -0.4 is 5.32 Å². The number of rotatable bonds is 6. The first-order valence-electron chi connectivity index (χ1n) is 10.1. The number of amides is 2. The van der Waals surface area contributed by atoms with Crippen molar-refractivity contribution in [3.63, 3.8) is 0 Å². The van der Waals surface area contributed by atoms with Crippen molar-refractivity contribution < 1.29 is 19.4 Å². The molecule has 1 saturated heterocycles. The molecule has 2 unspecified atom stereocenters. The number of pyridine rings is 1. The van der Waals surface area contributed by atoms with Crippen molar-refractivity contribution in [2.75, 3.05) is 18.5 Å². The SMILES string of the molecule is CC(C)(C)CC(=O)Nc1ccc(C(O)C2COCC(=O)N2Cc2cccnc2)cc1. The van der Waals surface area contributed by atoms with Crippen LogP contribution in [0.25, 0.3) is 0 Å². The van der Waals surface area contributed by atoms with Gasteiger partial charge in [0.2, 0.25) is 11.8 Å². The van der Waals surface area contributed by atoms with Gasteiger partial charge in [0.05, 0.1) is 12.6 Å². The van der Waals surface area contributed by atoms with E-state index < -0.39 is 12.1 Å². The number of aliphatic hydroxyl groups excluding tert-OH is 1. The molecule has 0 saturated carbocycles. The highest BCUT2D eigenvalue weighted by atomic mass is 16.5. The van der Waals surface area contributed by atoms with E-state index in [1.807, 2.05) is 32.9 Å². The van der Waals surface area contributed by atoms with E-state index in [4.69, 9.17) is 4.74 Å². The standard InChI is InChI=1S/C23H29N3O4/c1-23(2,3)11-20(27)25-18-8-6-17(7-9-18)22(29)19-14-30-15-21(28)26(19)13-16-5-4-10-24-12-16/h4-10,12,19,22,29H,11,13-15H2,1-3H3,(H,25,27). The van der Waals surface area contributed by atoms with Crippen molar-refractivity contribution in [1.29, 1.82) is 0 Å². The zero-order valence-electron chi connectivity index (χ0n) is 17.7. The number of hydrogen-bond donors (Lipinski definition) is 2. The van der Waals surface area contributed by atoms with Gasteiger partial charge in [0, 0.05) is 31.0 Å². The molecule has 0 radical (unpaired) electrons. The van der Waals surface area contributed by atoms with Gasteiger partial charge in [0.25, 0.3) is 0 Å². The summed E-state index contributed by atoms with van der Waals surface area (Å²) < 4.78 is 5.40. The Kier molecular flexibility index (Phi) is 6.84. The normalized spacial score (nSPS) is 18.2. The maximum Gasteiger partial charge on any atom is 0.249 e. The molecule has 1 aliphatic rings. The highest BCUT2D eigenvalue weighted by Crippen LogP contribution is 2.27. The fraction of sp³-hybridized carbons (Fsp3) is 0.435. The number of carbonyl (C=O) groups is 2. The van der Waals surface area contributed by atoms with E-state index >= 15 is 0 Å². The molecule has 30 heavy (non-hydrogen) atoms. The van der Waals surface area contributed by atoms with Crippen molar-refractivity contribution in [3.8, 4) is 0 Å². The average molecular weight is 412 g/mol. The summed E-state index contributed by atoms with van der Waals surface area (Å²) in [6, 6.07) is 10.3. The third-order valence-corrected chi connectivity index (χ3v) is 4.90. The minimum atomic E-state index is -0.912. The van der Waals surface area contributed by atoms with Gasteiger partial charge in [-0.05, 0) is 34.7 Å². The molecule has 2 heterocycles. The van der Waals surface area contributed by atoms with Crippen molar-refractivity contribution in [1.82, 2.24) is 9.88 Å². The Hall–Kier alpha value is -2.77. The molecule has 1 aromatic carbocycles. The highest BCUT2D eigenvalue weighted by Gasteiger charge is 2.34. The first-order valence-corrected chi connectivity index (χ1v) is 10.1. The lowest BCUT2D eigenvalue weighted by Crippen LogP contribution is -2.51. The van der Waals surface area contributed by atoms with Crippen LogP contribution in [0.4, 0.5) is 5.69 Å². The monoisotopic (exact) mass is 411 g/mol. The van der Waals surface area contributed by atoms with Crippen LogP contribution in [0.2, 0.25) is 0 Å². The molecule has 2 aromatic rings. The molecular formula is C23H29N3O4. The first-order chi connectivity index (χ1) is 14.2. The van der Waals surface area contributed by atoms with Crippen molar-refractivity contribution in [2.24, 2.45) is 5.41 Å². The summed E-state index contributed by atoms with van der Waals surface area (Å²) in [5.74, 6) is -0.218.